The van der Waals surface area contributed by atoms with E-state index < -0.39 is 5.97 Å². The molecule has 0 saturated carbocycles. The molecule has 10 heteroatoms. The number of carbonyl (C=O) groups excluding carboxylic acids is 2. The van der Waals surface area contributed by atoms with Crippen LogP contribution in [0.2, 0.25) is 0 Å². The number of rotatable bonds is 8. The highest BCUT2D eigenvalue weighted by Gasteiger charge is 2.19. The van der Waals surface area contributed by atoms with Crippen LogP contribution in [0.1, 0.15) is 29.1 Å². The first kappa shape index (κ1) is 21.0. The molecule has 1 amide bonds. The highest BCUT2D eigenvalue weighted by Crippen LogP contribution is 2.30. The third kappa shape index (κ3) is 4.83. The summed E-state index contributed by atoms with van der Waals surface area (Å²) >= 11 is 2.67. The molecule has 0 aromatic carbocycles. The molecular formula is C19H21N5O3S2. The summed E-state index contributed by atoms with van der Waals surface area (Å²) in [7, 11) is 1.32. The summed E-state index contributed by atoms with van der Waals surface area (Å²) in [5, 5.41) is 12.4. The number of aromatic nitrogens is 4. The van der Waals surface area contributed by atoms with E-state index in [-0.39, 0.29) is 11.7 Å². The average Bonchev–Trinajstić information content (AvgIpc) is 3.35. The molecule has 29 heavy (non-hydrogen) atoms. The van der Waals surface area contributed by atoms with Crippen molar-refractivity contribution in [1.82, 2.24) is 19.7 Å². The summed E-state index contributed by atoms with van der Waals surface area (Å²) in [6.07, 6.45) is 4.21. The van der Waals surface area contributed by atoms with Crippen LogP contribution in [0.25, 0.3) is 11.4 Å². The number of thiophene rings is 1. The SMILES string of the molecule is CCc1cc(C(=O)OC)c(NC(=O)CSc2nnc(-c3cccnc3)n2CC)s1. The fourth-order valence-corrected chi connectivity index (χ4v) is 4.46. The van der Waals surface area contributed by atoms with Gasteiger partial charge >= 0.3 is 5.97 Å². The number of thioether (sulfide) groups is 1. The van der Waals surface area contributed by atoms with E-state index in [1.807, 2.05) is 30.5 Å². The minimum atomic E-state index is -0.462. The molecule has 0 spiro atoms. The van der Waals surface area contributed by atoms with E-state index in [4.69, 9.17) is 4.74 Å². The largest absolute Gasteiger partial charge is 0.465 e. The van der Waals surface area contributed by atoms with Gasteiger partial charge in [0.15, 0.2) is 11.0 Å². The first-order valence-corrected chi connectivity index (χ1v) is 10.8. The van der Waals surface area contributed by atoms with E-state index in [0.29, 0.717) is 28.1 Å². The maximum Gasteiger partial charge on any atom is 0.340 e. The molecule has 3 rings (SSSR count). The van der Waals surface area contributed by atoms with Crippen LogP contribution in [0.5, 0.6) is 0 Å². The Balaban J connectivity index is 1.70. The van der Waals surface area contributed by atoms with Gasteiger partial charge in [-0.25, -0.2) is 4.79 Å². The number of aryl methyl sites for hydroxylation is 1. The Kier molecular flexibility index (Phi) is 6.99. The van der Waals surface area contributed by atoms with Gasteiger partial charge in [0, 0.05) is 29.4 Å². The number of hydrogen-bond donors (Lipinski definition) is 1. The summed E-state index contributed by atoms with van der Waals surface area (Å²) in [6, 6.07) is 5.52. The van der Waals surface area contributed by atoms with Crippen molar-refractivity contribution in [3.63, 3.8) is 0 Å². The number of nitrogens with one attached hydrogen (secondary N) is 1. The van der Waals surface area contributed by atoms with E-state index >= 15 is 0 Å². The molecule has 3 heterocycles. The quantitative estimate of drug-likeness (QED) is 0.430. The Morgan fingerprint density at radius 2 is 2.14 bits per heavy atom. The molecule has 8 nitrogen and oxygen atoms in total. The van der Waals surface area contributed by atoms with E-state index in [1.165, 1.54) is 30.2 Å². The molecule has 0 aliphatic rings. The first-order chi connectivity index (χ1) is 14.1. The Morgan fingerprint density at radius 3 is 2.79 bits per heavy atom. The van der Waals surface area contributed by atoms with Gasteiger partial charge < -0.3 is 14.6 Å². The summed E-state index contributed by atoms with van der Waals surface area (Å²) in [4.78, 5) is 29.5. The third-order valence-corrected chi connectivity index (χ3v) is 6.24. The highest BCUT2D eigenvalue weighted by atomic mass is 32.2. The van der Waals surface area contributed by atoms with Crippen molar-refractivity contribution < 1.29 is 14.3 Å². The minimum Gasteiger partial charge on any atom is -0.465 e. The molecule has 0 fully saturated rings. The van der Waals surface area contributed by atoms with Crippen molar-refractivity contribution >= 4 is 40.0 Å². The standard InChI is InChI=1S/C19H21N5O3S2/c1-4-13-9-14(18(26)27-3)17(29-13)21-15(25)11-28-19-23-22-16(24(19)5-2)12-7-6-8-20-10-12/h6-10H,4-5,11H2,1-3H3,(H,21,25). The topological polar surface area (TPSA) is 99.0 Å². The maximum absolute atomic E-state index is 12.5. The summed E-state index contributed by atoms with van der Waals surface area (Å²) in [5.74, 6) is 0.168. The smallest absolute Gasteiger partial charge is 0.340 e. The van der Waals surface area contributed by atoms with Gasteiger partial charge in [-0.3, -0.25) is 9.78 Å². The summed E-state index contributed by atoms with van der Waals surface area (Å²) in [5.41, 5.74) is 1.25. The lowest BCUT2D eigenvalue weighted by Crippen LogP contribution is -2.16. The molecule has 152 valence electrons. The molecule has 0 saturated heterocycles. The van der Waals surface area contributed by atoms with Crippen molar-refractivity contribution in [2.24, 2.45) is 0 Å². The predicted molar refractivity (Wildman–Crippen MR) is 113 cm³/mol. The van der Waals surface area contributed by atoms with Crippen LogP contribution in [0.15, 0.2) is 35.7 Å². The second kappa shape index (κ2) is 9.66. The van der Waals surface area contributed by atoms with Gasteiger partial charge in [0.2, 0.25) is 5.91 Å². The molecule has 3 aromatic rings. The predicted octanol–water partition coefficient (Wildman–Crippen LogP) is 3.50. The van der Waals surface area contributed by atoms with Crippen LogP contribution in [0.3, 0.4) is 0 Å². The number of anilines is 1. The van der Waals surface area contributed by atoms with Crippen molar-refractivity contribution in [3.8, 4) is 11.4 Å². The number of esters is 1. The number of pyridine rings is 1. The van der Waals surface area contributed by atoms with Gasteiger partial charge in [-0.05, 0) is 31.5 Å². The van der Waals surface area contributed by atoms with Crippen LogP contribution in [0, 0.1) is 0 Å². The number of nitrogens with zero attached hydrogens (tertiary/aromatic N) is 4. The lowest BCUT2D eigenvalue weighted by molar-refractivity contribution is -0.113. The number of carbonyl (C=O) groups is 2. The fraction of sp³-hybridized carbons (Fsp3) is 0.316. The molecular weight excluding hydrogens is 410 g/mol. The van der Waals surface area contributed by atoms with E-state index in [1.54, 1.807) is 18.5 Å². The lowest BCUT2D eigenvalue weighted by atomic mass is 10.2. The Bertz CT molecular complexity index is 1000. The number of hydrogen-bond acceptors (Lipinski definition) is 8. The summed E-state index contributed by atoms with van der Waals surface area (Å²) in [6.45, 7) is 4.65. The Labute approximate surface area is 176 Å². The molecule has 0 atom stereocenters. The van der Waals surface area contributed by atoms with Gasteiger partial charge in [0.05, 0.1) is 18.4 Å². The molecule has 0 aliphatic heterocycles. The van der Waals surface area contributed by atoms with Gasteiger partial charge in [0.1, 0.15) is 5.00 Å². The lowest BCUT2D eigenvalue weighted by Gasteiger charge is -2.07. The number of ether oxygens (including phenoxy) is 1. The molecule has 0 bridgehead atoms. The van der Waals surface area contributed by atoms with Crippen LogP contribution < -0.4 is 5.32 Å². The Hall–Kier alpha value is -2.72. The van der Waals surface area contributed by atoms with Gasteiger partial charge in [-0.1, -0.05) is 18.7 Å². The van der Waals surface area contributed by atoms with Crippen LogP contribution >= 0.6 is 23.1 Å². The normalized spacial score (nSPS) is 10.7. The zero-order valence-corrected chi connectivity index (χ0v) is 18.0. The molecule has 0 radical (unpaired) electrons. The van der Waals surface area contributed by atoms with E-state index in [9.17, 15) is 9.59 Å². The van der Waals surface area contributed by atoms with Gasteiger partial charge in [-0.15, -0.1) is 21.5 Å². The van der Waals surface area contributed by atoms with Crippen molar-refractivity contribution in [1.29, 1.82) is 0 Å². The zero-order valence-electron chi connectivity index (χ0n) is 16.3. The molecule has 0 unspecified atom stereocenters. The second-order valence-corrected chi connectivity index (χ2v) is 8.01. The van der Waals surface area contributed by atoms with Crippen molar-refractivity contribution in [3.05, 3.63) is 41.0 Å². The second-order valence-electron chi connectivity index (χ2n) is 5.93. The number of amides is 1. The number of methoxy groups -OCH3 is 1. The highest BCUT2D eigenvalue weighted by molar-refractivity contribution is 7.99. The Morgan fingerprint density at radius 1 is 1.31 bits per heavy atom. The summed E-state index contributed by atoms with van der Waals surface area (Å²) < 4.78 is 6.74. The minimum absolute atomic E-state index is 0.144. The van der Waals surface area contributed by atoms with E-state index in [2.05, 4.69) is 20.5 Å². The fourth-order valence-electron chi connectivity index (χ4n) is 2.65. The average molecular weight is 432 g/mol. The monoisotopic (exact) mass is 431 g/mol. The van der Waals surface area contributed by atoms with Crippen molar-refractivity contribution in [2.45, 2.75) is 32.0 Å². The third-order valence-electron chi connectivity index (χ3n) is 4.07. The van der Waals surface area contributed by atoms with Gasteiger partial charge in [-0.2, -0.15) is 0 Å². The maximum atomic E-state index is 12.5. The van der Waals surface area contributed by atoms with Crippen LogP contribution in [0.4, 0.5) is 5.00 Å². The van der Waals surface area contributed by atoms with Crippen LogP contribution in [-0.4, -0.2) is 44.5 Å². The molecule has 3 aromatic heterocycles. The molecule has 1 N–H and O–H groups in total. The van der Waals surface area contributed by atoms with Crippen molar-refractivity contribution in [2.75, 3.05) is 18.2 Å². The zero-order chi connectivity index (χ0) is 20.8. The van der Waals surface area contributed by atoms with Crippen LogP contribution in [-0.2, 0) is 22.5 Å². The van der Waals surface area contributed by atoms with Gasteiger partial charge in [0.25, 0.3) is 0 Å². The van der Waals surface area contributed by atoms with E-state index in [0.717, 1.165) is 16.9 Å². The molecule has 0 aliphatic carbocycles. The first-order valence-electron chi connectivity index (χ1n) is 9.04.